The van der Waals surface area contributed by atoms with Crippen molar-refractivity contribution in [2.24, 2.45) is 0 Å². The van der Waals surface area contributed by atoms with Crippen molar-refractivity contribution in [2.45, 2.75) is 12.1 Å². The molecule has 1 aromatic rings. The average molecular weight is 217 g/mol. The summed E-state index contributed by atoms with van der Waals surface area (Å²) < 4.78 is 0. The minimum Gasteiger partial charge on any atom is -0.379 e. The van der Waals surface area contributed by atoms with E-state index in [1.807, 2.05) is 30.3 Å². The molecule has 0 unspecified atom stereocenters. The quantitative estimate of drug-likeness (QED) is 0.736. The first-order chi connectivity index (χ1) is 7.69. The topological polar surface area (TPSA) is 49.3 Å². The van der Waals surface area contributed by atoms with Crippen molar-refractivity contribution < 1.29 is 9.90 Å². The Balaban J connectivity index is 2.74. The van der Waals surface area contributed by atoms with Crippen molar-refractivity contribution in [3.8, 4) is 0 Å². The first-order valence-electron chi connectivity index (χ1n) is 4.97. The van der Waals surface area contributed by atoms with E-state index < -0.39 is 12.0 Å². The van der Waals surface area contributed by atoms with Crippen LogP contribution in [0.25, 0.3) is 0 Å². The zero-order valence-corrected chi connectivity index (χ0v) is 8.97. The highest BCUT2D eigenvalue weighted by Crippen LogP contribution is 2.13. The Morgan fingerprint density at radius 1 is 1.25 bits per heavy atom. The van der Waals surface area contributed by atoms with Crippen molar-refractivity contribution in [3.05, 3.63) is 61.2 Å². The molecular weight excluding hydrogens is 202 g/mol. The number of hydrogen-bond donors (Lipinski definition) is 2. The third-order valence-corrected chi connectivity index (χ3v) is 2.18. The molecule has 0 spiro atoms. The Labute approximate surface area is 95.1 Å². The molecule has 1 rings (SSSR count). The first-order valence-corrected chi connectivity index (χ1v) is 4.97. The number of rotatable bonds is 5. The highest BCUT2D eigenvalue weighted by molar-refractivity contribution is 5.82. The van der Waals surface area contributed by atoms with Crippen LogP contribution in [0.3, 0.4) is 0 Å². The lowest BCUT2D eigenvalue weighted by molar-refractivity contribution is -0.127. The van der Waals surface area contributed by atoms with E-state index in [-0.39, 0.29) is 6.04 Å². The third-order valence-electron chi connectivity index (χ3n) is 2.18. The molecule has 2 atom stereocenters. The number of aliphatic hydroxyl groups is 1. The van der Waals surface area contributed by atoms with E-state index in [0.717, 1.165) is 5.56 Å². The lowest BCUT2D eigenvalue weighted by Crippen LogP contribution is -2.35. The Morgan fingerprint density at radius 2 is 1.88 bits per heavy atom. The van der Waals surface area contributed by atoms with E-state index in [1.54, 1.807) is 6.08 Å². The number of amides is 1. The largest absolute Gasteiger partial charge is 0.379 e. The van der Waals surface area contributed by atoms with Crippen LogP contribution in [-0.2, 0) is 4.79 Å². The lowest BCUT2D eigenvalue weighted by atomic mass is 10.1. The van der Waals surface area contributed by atoms with Gasteiger partial charge in [0.25, 0.3) is 5.91 Å². The molecule has 0 radical (unpaired) electrons. The molecule has 3 nitrogen and oxygen atoms in total. The van der Waals surface area contributed by atoms with Crippen molar-refractivity contribution in [1.82, 2.24) is 5.32 Å². The number of nitrogens with one attached hydrogen (secondary N) is 1. The van der Waals surface area contributed by atoms with Gasteiger partial charge in [-0.1, -0.05) is 49.1 Å². The van der Waals surface area contributed by atoms with Gasteiger partial charge in [0.1, 0.15) is 0 Å². The van der Waals surface area contributed by atoms with Gasteiger partial charge in [-0.3, -0.25) is 4.79 Å². The Morgan fingerprint density at radius 3 is 2.38 bits per heavy atom. The smallest absolute Gasteiger partial charge is 0.253 e. The van der Waals surface area contributed by atoms with E-state index in [9.17, 15) is 9.90 Å². The van der Waals surface area contributed by atoms with E-state index in [4.69, 9.17) is 0 Å². The van der Waals surface area contributed by atoms with Crippen LogP contribution in [0.4, 0.5) is 0 Å². The Bertz CT molecular complexity index is 373. The van der Waals surface area contributed by atoms with Gasteiger partial charge in [0.15, 0.2) is 6.10 Å². The molecule has 84 valence electrons. The molecule has 3 heteroatoms. The number of carbonyl (C=O) groups is 1. The van der Waals surface area contributed by atoms with E-state index >= 15 is 0 Å². The minimum absolute atomic E-state index is 0.303. The second-order valence-corrected chi connectivity index (χ2v) is 3.31. The van der Waals surface area contributed by atoms with Gasteiger partial charge in [0.05, 0.1) is 6.04 Å². The van der Waals surface area contributed by atoms with Crippen LogP contribution in [0, 0.1) is 0 Å². The van der Waals surface area contributed by atoms with E-state index in [0.29, 0.717) is 0 Å². The van der Waals surface area contributed by atoms with Crippen LogP contribution >= 0.6 is 0 Å². The second-order valence-electron chi connectivity index (χ2n) is 3.31. The summed E-state index contributed by atoms with van der Waals surface area (Å²) in [5, 5.41) is 11.9. The van der Waals surface area contributed by atoms with Gasteiger partial charge in [-0.05, 0) is 5.56 Å². The zero-order chi connectivity index (χ0) is 12.0. The molecular formula is C13H15NO2. The number of aliphatic hydroxyl groups excluding tert-OH is 1. The molecule has 0 saturated heterocycles. The SMILES string of the molecule is C=C[C@H](NC(=O)[C@@H](O)C=C)c1ccccc1. The summed E-state index contributed by atoms with van der Waals surface area (Å²) in [5.41, 5.74) is 0.919. The Kier molecular flexibility index (Phi) is 4.48. The first kappa shape index (κ1) is 12.2. The minimum atomic E-state index is -1.19. The molecule has 16 heavy (non-hydrogen) atoms. The summed E-state index contributed by atoms with van der Waals surface area (Å²) in [4.78, 5) is 11.4. The summed E-state index contributed by atoms with van der Waals surface area (Å²) in [6.07, 6.45) is 1.61. The van der Waals surface area contributed by atoms with Gasteiger partial charge in [0, 0.05) is 0 Å². The van der Waals surface area contributed by atoms with Gasteiger partial charge in [0.2, 0.25) is 0 Å². The van der Waals surface area contributed by atoms with Gasteiger partial charge in [-0.15, -0.1) is 6.58 Å². The highest BCUT2D eigenvalue weighted by Gasteiger charge is 2.15. The fourth-order valence-corrected chi connectivity index (χ4v) is 1.28. The van der Waals surface area contributed by atoms with Crippen LogP contribution in [0.5, 0.6) is 0 Å². The monoisotopic (exact) mass is 217 g/mol. The maximum Gasteiger partial charge on any atom is 0.253 e. The molecule has 0 aliphatic heterocycles. The van der Waals surface area contributed by atoms with Crippen molar-refractivity contribution >= 4 is 5.91 Å². The van der Waals surface area contributed by atoms with Gasteiger partial charge >= 0.3 is 0 Å². The number of carbonyl (C=O) groups excluding carboxylic acids is 1. The molecule has 1 amide bonds. The van der Waals surface area contributed by atoms with Crippen molar-refractivity contribution in [1.29, 1.82) is 0 Å². The molecule has 2 N–H and O–H groups in total. The summed E-state index contributed by atoms with van der Waals surface area (Å²) in [6, 6.07) is 9.11. The molecule has 0 aliphatic rings. The summed E-state index contributed by atoms with van der Waals surface area (Å²) in [7, 11) is 0. The van der Waals surface area contributed by atoms with E-state index in [1.165, 1.54) is 6.08 Å². The highest BCUT2D eigenvalue weighted by atomic mass is 16.3. The fourth-order valence-electron chi connectivity index (χ4n) is 1.28. The number of benzene rings is 1. The van der Waals surface area contributed by atoms with Crippen LogP contribution in [0.15, 0.2) is 55.6 Å². The number of hydrogen-bond acceptors (Lipinski definition) is 2. The third kappa shape index (κ3) is 3.07. The van der Waals surface area contributed by atoms with Crippen LogP contribution in [0.1, 0.15) is 11.6 Å². The predicted molar refractivity (Wildman–Crippen MR) is 63.7 cm³/mol. The van der Waals surface area contributed by atoms with Crippen molar-refractivity contribution in [2.75, 3.05) is 0 Å². The molecule has 0 saturated carbocycles. The van der Waals surface area contributed by atoms with Crippen LogP contribution in [-0.4, -0.2) is 17.1 Å². The fraction of sp³-hybridized carbons (Fsp3) is 0.154. The second kappa shape index (κ2) is 5.88. The summed E-state index contributed by atoms with van der Waals surface area (Å²) in [5.74, 6) is -0.483. The van der Waals surface area contributed by atoms with Gasteiger partial charge in [-0.25, -0.2) is 0 Å². The molecule has 0 aromatic heterocycles. The molecule has 0 fully saturated rings. The molecule has 0 bridgehead atoms. The summed E-state index contributed by atoms with van der Waals surface area (Å²) >= 11 is 0. The van der Waals surface area contributed by atoms with Gasteiger partial charge in [-0.2, -0.15) is 0 Å². The maximum atomic E-state index is 11.4. The maximum absolute atomic E-state index is 11.4. The van der Waals surface area contributed by atoms with E-state index in [2.05, 4.69) is 18.5 Å². The summed E-state index contributed by atoms with van der Waals surface area (Å²) in [6.45, 7) is 7.00. The van der Waals surface area contributed by atoms with Crippen LogP contribution < -0.4 is 5.32 Å². The van der Waals surface area contributed by atoms with Gasteiger partial charge < -0.3 is 10.4 Å². The molecule has 0 aliphatic carbocycles. The lowest BCUT2D eigenvalue weighted by Gasteiger charge is -2.16. The Hall–Kier alpha value is -1.87. The zero-order valence-electron chi connectivity index (χ0n) is 8.97. The van der Waals surface area contributed by atoms with Crippen LogP contribution in [0.2, 0.25) is 0 Å². The predicted octanol–water partition coefficient (Wildman–Crippen LogP) is 1.58. The standard InChI is InChI=1S/C13H15NO2/c1-3-11(10-8-6-5-7-9-10)14-13(16)12(15)4-2/h3-9,11-12,15H,1-2H2,(H,14,16)/t11-,12-/m0/s1. The molecule has 1 aromatic carbocycles. The van der Waals surface area contributed by atoms with Crippen molar-refractivity contribution in [3.63, 3.8) is 0 Å². The average Bonchev–Trinajstić information content (AvgIpc) is 2.35. The molecule has 0 heterocycles. The normalized spacial score (nSPS) is 13.6.